The van der Waals surface area contributed by atoms with Crippen molar-refractivity contribution in [2.75, 3.05) is 0 Å². The molecule has 0 saturated carbocycles. The summed E-state index contributed by atoms with van der Waals surface area (Å²) in [5.74, 6) is 0.118. The Bertz CT molecular complexity index is 100. The second-order valence-corrected chi connectivity index (χ2v) is 1.81. The lowest BCUT2D eigenvalue weighted by molar-refractivity contribution is 0.416. The van der Waals surface area contributed by atoms with Crippen LogP contribution in [0.4, 0.5) is 0 Å². The van der Waals surface area contributed by atoms with Crippen LogP contribution in [0.15, 0.2) is 16.5 Å². The van der Waals surface area contributed by atoms with Crippen molar-refractivity contribution in [3.8, 4) is 0 Å². The van der Waals surface area contributed by atoms with Gasteiger partial charge in [0.25, 0.3) is 0 Å². The van der Waals surface area contributed by atoms with E-state index in [-0.39, 0.29) is 5.76 Å². The molecule has 0 spiro atoms. The topological polar surface area (TPSA) is 20.2 Å². The lowest BCUT2D eigenvalue weighted by Crippen LogP contribution is -1.61. The fraction of sp³-hybridized carbons (Fsp3) is 0.400. The number of aliphatic hydroxyl groups is 1. The molecule has 0 amide bonds. The van der Waals surface area contributed by atoms with E-state index >= 15 is 0 Å². The molecule has 0 unspecified atom stereocenters. The predicted octanol–water partition coefficient (Wildman–Crippen LogP) is 2.19. The zero-order valence-electron chi connectivity index (χ0n) is 4.33. The first kappa shape index (κ1) is 6.61. The van der Waals surface area contributed by atoms with Gasteiger partial charge >= 0.3 is 0 Å². The molecule has 2 heteroatoms. The van der Waals surface area contributed by atoms with E-state index in [1.807, 2.05) is 0 Å². The van der Waals surface area contributed by atoms with Crippen molar-refractivity contribution < 1.29 is 5.11 Å². The highest BCUT2D eigenvalue weighted by molar-refractivity contribution is 6.29. The largest absolute Gasteiger partial charge is 0.505 e. The van der Waals surface area contributed by atoms with E-state index in [2.05, 4.69) is 5.73 Å². The van der Waals surface area contributed by atoms with Crippen LogP contribution in [0.5, 0.6) is 0 Å². The minimum absolute atomic E-state index is 0.118. The fourth-order valence-electron chi connectivity index (χ4n) is 0.249. The van der Waals surface area contributed by atoms with E-state index in [9.17, 15) is 0 Å². The van der Waals surface area contributed by atoms with Gasteiger partial charge in [-0.25, -0.2) is 0 Å². The summed E-state index contributed by atoms with van der Waals surface area (Å²) >= 11 is 5.30. The van der Waals surface area contributed by atoms with Crippen LogP contribution in [0, 0.1) is 0 Å². The molecule has 0 aliphatic rings. The molecule has 0 bridgehead atoms. The van der Waals surface area contributed by atoms with Gasteiger partial charge < -0.3 is 5.11 Å². The number of hydrogen-bond acceptors (Lipinski definition) is 1. The third-order valence-electron chi connectivity index (χ3n) is 0.353. The molecule has 40 valence electrons. The minimum Gasteiger partial charge on any atom is -0.505 e. The molecular weight excluding hydrogens is 112 g/mol. The number of rotatable bonds is 0. The Kier molecular flexibility index (Phi) is 2.58. The molecule has 0 saturated heterocycles. The summed E-state index contributed by atoms with van der Waals surface area (Å²) < 4.78 is 0. The van der Waals surface area contributed by atoms with E-state index < -0.39 is 0 Å². The van der Waals surface area contributed by atoms with Gasteiger partial charge in [0.2, 0.25) is 0 Å². The molecule has 0 aliphatic carbocycles. The van der Waals surface area contributed by atoms with E-state index in [0.29, 0.717) is 5.03 Å². The maximum Gasteiger partial charge on any atom is 0.133 e. The van der Waals surface area contributed by atoms with Gasteiger partial charge in [0.15, 0.2) is 0 Å². The van der Waals surface area contributed by atoms with Crippen LogP contribution in [-0.2, 0) is 0 Å². The van der Waals surface area contributed by atoms with E-state index in [0.717, 1.165) is 0 Å². The highest BCUT2D eigenvalue weighted by atomic mass is 35.5. The van der Waals surface area contributed by atoms with Crippen LogP contribution < -0.4 is 0 Å². The summed E-state index contributed by atoms with van der Waals surface area (Å²) in [7, 11) is 0. The van der Waals surface area contributed by atoms with Gasteiger partial charge in [-0.05, 0) is 6.92 Å². The van der Waals surface area contributed by atoms with E-state index in [1.165, 1.54) is 6.92 Å². The first-order valence-electron chi connectivity index (χ1n) is 1.91. The molecular formula is C5H7ClO. The molecule has 0 atom stereocenters. The Morgan fingerprint density at radius 3 is 2.00 bits per heavy atom. The zero-order chi connectivity index (χ0) is 5.86. The van der Waals surface area contributed by atoms with Crippen molar-refractivity contribution >= 4 is 11.6 Å². The van der Waals surface area contributed by atoms with Crippen molar-refractivity contribution in [2.45, 2.75) is 13.8 Å². The molecule has 0 aromatic rings. The van der Waals surface area contributed by atoms with Gasteiger partial charge in [-0.1, -0.05) is 17.3 Å². The van der Waals surface area contributed by atoms with E-state index in [4.69, 9.17) is 16.7 Å². The Labute approximate surface area is 47.9 Å². The number of hydrogen-bond donors (Lipinski definition) is 1. The van der Waals surface area contributed by atoms with Gasteiger partial charge in [0.1, 0.15) is 5.76 Å². The summed E-state index contributed by atoms with van der Waals surface area (Å²) in [6.07, 6.45) is 0. The lowest BCUT2D eigenvalue weighted by Gasteiger charge is -1.76. The summed E-state index contributed by atoms with van der Waals surface area (Å²) in [5, 5.41) is 8.90. The second-order valence-electron chi connectivity index (χ2n) is 1.24. The first-order valence-corrected chi connectivity index (χ1v) is 2.29. The van der Waals surface area contributed by atoms with Gasteiger partial charge in [0.05, 0.1) is 5.03 Å². The SMILES string of the molecule is CC(O)=C=C(C)Cl. The number of aliphatic hydroxyl groups excluding tert-OH is 1. The van der Waals surface area contributed by atoms with Crippen molar-refractivity contribution in [2.24, 2.45) is 0 Å². The zero-order valence-corrected chi connectivity index (χ0v) is 5.08. The molecule has 0 aliphatic heterocycles. The summed E-state index contributed by atoms with van der Waals surface area (Å²) in [4.78, 5) is 0. The minimum atomic E-state index is 0.118. The Balaban J connectivity index is 4.13. The Morgan fingerprint density at radius 2 is 2.00 bits per heavy atom. The van der Waals surface area contributed by atoms with Gasteiger partial charge in [-0.2, -0.15) is 0 Å². The molecule has 1 N–H and O–H groups in total. The molecule has 7 heavy (non-hydrogen) atoms. The molecule has 0 heterocycles. The average molecular weight is 119 g/mol. The molecule has 0 fully saturated rings. The second kappa shape index (κ2) is 2.73. The van der Waals surface area contributed by atoms with Gasteiger partial charge in [0, 0.05) is 6.92 Å². The summed E-state index contributed by atoms with van der Waals surface area (Å²) in [5.41, 5.74) is 2.46. The lowest BCUT2D eigenvalue weighted by atomic mass is 10.5. The third kappa shape index (κ3) is 5.61. The Hall–Kier alpha value is -0.390. The van der Waals surface area contributed by atoms with Crippen LogP contribution >= 0.6 is 11.6 Å². The van der Waals surface area contributed by atoms with Crippen LogP contribution in [0.25, 0.3) is 0 Å². The maximum absolute atomic E-state index is 8.42. The van der Waals surface area contributed by atoms with Crippen molar-refractivity contribution in [3.05, 3.63) is 16.5 Å². The van der Waals surface area contributed by atoms with Crippen molar-refractivity contribution in [1.29, 1.82) is 0 Å². The molecule has 0 aromatic carbocycles. The quantitative estimate of drug-likeness (QED) is 0.382. The Morgan fingerprint density at radius 1 is 1.57 bits per heavy atom. The average Bonchev–Trinajstić information content (AvgIpc) is 1.27. The predicted molar refractivity (Wildman–Crippen MR) is 30.4 cm³/mol. The van der Waals surface area contributed by atoms with Crippen LogP contribution in [0.1, 0.15) is 13.8 Å². The molecule has 0 radical (unpaired) electrons. The smallest absolute Gasteiger partial charge is 0.133 e. The molecule has 0 rings (SSSR count). The van der Waals surface area contributed by atoms with Crippen molar-refractivity contribution in [1.82, 2.24) is 0 Å². The normalized spacial score (nSPS) is 7.29. The number of halogens is 1. The standard InChI is InChI=1S/C5H7ClO/c1-4(6)3-5(2)7/h7H,1-2H3. The maximum atomic E-state index is 8.42. The fourth-order valence-corrected chi connectivity index (χ4v) is 0.386. The van der Waals surface area contributed by atoms with Crippen molar-refractivity contribution in [3.63, 3.8) is 0 Å². The van der Waals surface area contributed by atoms with Crippen LogP contribution in [0.2, 0.25) is 0 Å². The third-order valence-corrected chi connectivity index (χ3v) is 0.448. The highest BCUT2D eigenvalue weighted by Crippen LogP contribution is 1.95. The highest BCUT2D eigenvalue weighted by Gasteiger charge is 1.73. The molecule has 0 aromatic heterocycles. The monoisotopic (exact) mass is 118 g/mol. The van der Waals surface area contributed by atoms with E-state index in [1.54, 1.807) is 6.92 Å². The summed E-state index contributed by atoms with van der Waals surface area (Å²) in [6, 6.07) is 0. The summed E-state index contributed by atoms with van der Waals surface area (Å²) in [6.45, 7) is 3.17. The first-order chi connectivity index (χ1) is 3.13. The molecule has 1 nitrogen and oxygen atoms in total. The number of allylic oxidation sites excluding steroid dienone is 1. The van der Waals surface area contributed by atoms with Crippen LogP contribution in [0.3, 0.4) is 0 Å². The van der Waals surface area contributed by atoms with Crippen LogP contribution in [-0.4, -0.2) is 5.11 Å². The van der Waals surface area contributed by atoms with Gasteiger partial charge in [-0.15, -0.1) is 0 Å². The van der Waals surface area contributed by atoms with Gasteiger partial charge in [-0.3, -0.25) is 0 Å².